The van der Waals surface area contributed by atoms with Crippen LogP contribution in [0.1, 0.15) is 6.92 Å². The first-order valence-corrected chi connectivity index (χ1v) is 5.27. The third kappa shape index (κ3) is 2.45. The van der Waals surface area contributed by atoms with Crippen LogP contribution in [0.4, 0.5) is 0 Å². The predicted molar refractivity (Wildman–Crippen MR) is 66.0 cm³/mol. The number of hydrogen-bond acceptors (Lipinski definition) is 2. The summed E-state index contributed by atoms with van der Waals surface area (Å²) in [6, 6.07) is 13.3. The van der Waals surface area contributed by atoms with Crippen LogP contribution in [0.25, 0.3) is 10.8 Å². The summed E-state index contributed by atoms with van der Waals surface area (Å²) in [5.41, 5.74) is 0. The van der Waals surface area contributed by atoms with Crippen LogP contribution in [0.2, 0.25) is 0 Å². The molecule has 0 fully saturated rings. The Kier molecular flexibility index (Phi) is 3.10. The van der Waals surface area contributed by atoms with Gasteiger partial charge in [-0.15, -0.1) is 0 Å². The Labute approximate surface area is 99.0 Å². The summed E-state index contributed by atoms with van der Waals surface area (Å²) in [5, 5.41) is 11.0. The molecule has 1 N–H and O–H groups in total. The van der Waals surface area contributed by atoms with E-state index in [4.69, 9.17) is 9.84 Å². The van der Waals surface area contributed by atoms with E-state index in [1.165, 1.54) is 6.08 Å². The van der Waals surface area contributed by atoms with E-state index in [1.54, 1.807) is 13.0 Å². The second kappa shape index (κ2) is 4.70. The number of allylic oxidation sites excluding steroid dienone is 1. The van der Waals surface area contributed by atoms with Crippen molar-refractivity contribution in [1.29, 1.82) is 0 Å². The molecule has 0 aromatic heterocycles. The SMILES string of the molecule is C/C=C(\Oc1ccc2ccccc2c1)C(=O)O. The highest BCUT2D eigenvalue weighted by Crippen LogP contribution is 2.22. The van der Waals surface area contributed by atoms with Crippen LogP contribution in [0.5, 0.6) is 5.75 Å². The van der Waals surface area contributed by atoms with Gasteiger partial charge >= 0.3 is 5.97 Å². The fourth-order valence-electron chi connectivity index (χ4n) is 1.58. The second-order valence-electron chi connectivity index (χ2n) is 3.57. The van der Waals surface area contributed by atoms with Gasteiger partial charge in [0.15, 0.2) is 0 Å². The van der Waals surface area contributed by atoms with Crippen molar-refractivity contribution in [3.05, 3.63) is 54.3 Å². The van der Waals surface area contributed by atoms with Crippen molar-refractivity contribution in [2.75, 3.05) is 0 Å². The summed E-state index contributed by atoms with van der Waals surface area (Å²) in [5.74, 6) is -0.611. The van der Waals surface area contributed by atoms with Crippen molar-refractivity contribution in [2.24, 2.45) is 0 Å². The lowest BCUT2D eigenvalue weighted by atomic mass is 10.1. The lowest BCUT2D eigenvalue weighted by molar-refractivity contribution is -0.135. The van der Waals surface area contributed by atoms with Gasteiger partial charge in [0.1, 0.15) is 5.75 Å². The molecule has 3 heteroatoms. The maximum atomic E-state index is 10.8. The van der Waals surface area contributed by atoms with Gasteiger partial charge in [-0.1, -0.05) is 30.3 Å². The Hall–Kier alpha value is -2.29. The molecule has 0 atom stereocenters. The predicted octanol–water partition coefficient (Wildman–Crippen LogP) is 3.21. The molecule has 0 aliphatic carbocycles. The summed E-state index contributed by atoms with van der Waals surface area (Å²) in [6.45, 7) is 1.63. The first-order valence-electron chi connectivity index (χ1n) is 5.27. The van der Waals surface area contributed by atoms with Crippen LogP contribution in [0.15, 0.2) is 54.3 Å². The van der Waals surface area contributed by atoms with Crippen LogP contribution >= 0.6 is 0 Å². The van der Waals surface area contributed by atoms with Gasteiger partial charge in [-0.25, -0.2) is 4.79 Å². The molecule has 0 saturated carbocycles. The molecule has 0 spiro atoms. The number of benzene rings is 2. The highest BCUT2D eigenvalue weighted by Gasteiger charge is 2.08. The summed E-state index contributed by atoms with van der Waals surface area (Å²) < 4.78 is 5.29. The number of carboxylic acid groups (broad SMARTS) is 1. The molecule has 0 saturated heterocycles. The zero-order valence-electron chi connectivity index (χ0n) is 9.38. The zero-order chi connectivity index (χ0) is 12.3. The number of carbonyl (C=O) groups is 1. The van der Waals surface area contributed by atoms with Crippen LogP contribution in [0, 0.1) is 0 Å². The number of aliphatic carboxylic acids is 1. The van der Waals surface area contributed by atoms with E-state index >= 15 is 0 Å². The monoisotopic (exact) mass is 228 g/mol. The fraction of sp³-hybridized carbons (Fsp3) is 0.0714. The Morgan fingerprint density at radius 2 is 1.88 bits per heavy atom. The van der Waals surface area contributed by atoms with Crippen LogP contribution in [0.3, 0.4) is 0 Å². The van der Waals surface area contributed by atoms with Crippen LogP contribution in [-0.2, 0) is 4.79 Å². The van der Waals surface area contributed by atoms with E-state index in [0.29, 0.717) is 5.75 Å². The summed E-state index contributed by atoms with van der Waals surface area (Å²) >= 11 is 0. The average Bonchev–Trinajstić information content (AvgIpc) is 2.35. The quantitative estimate of drug-likeness (QED) is 0.648. The molecule has 0 aliphatic heterocycles. The number of rotatable bonds is 3. The van der Waals surface area contributed by atoms with E-state index in [0.717, 1.165) is 10.8 Å². The molecule has 86 valence electrons. The maximum Gasteiger partial charge on any atom is 0.371 e. The standard InChI is InChI=1S/C14H12O3/c1-2-13(14(15)16)17-12-8-7-10-5-3-4-6-11(10)9-12/h2-9H,1H3,(H,15,16)/b13-2-. The minimum atomic E-state index is -1.07. The topological polar surface area (TPSA) is 46.5 Å². The highest BCUT2D eigenvalue weighted by molar-refractivity contribution is 5.86. The van der Waals surface area contributed by atoms with Gasteiger partial charge in [0.25, 0.3) is 0 Å². The van der Waals surface area contributed by atoms with Crippen molar-refractivity contribution in [1.82, 2.24) is 0 Å². The van der Waals surface area contributed by atoms with E-state index in [9.17, 15) is 4.79 Å². The fourth-order valence-corrected chi connectivity index (χ4v) is 1.58. The van der Waals surface area contributed by atoms with E-state index in [1.807, 2.05) is 36.4 Å². The molecule has 2 aromatic rings. The molecule has 2 aromatic carbocycles. The first kappa shape index (κ1) is 11.2. The molecule has 0 amide bonds. The molecule has 0 radical (unpaired) electrons. The molecule has 0 unspecified atom stereocenters. The molecule has 0 aliphatic rings. The number of fused-ring (bicyclic) bond motifs is 1. The van der Waals surface area contributed by atoms with Crippen molar-refractivity contribution in [3.63, 3.8) is 0 Å². The Bertz CT molecular complexity index is 585. The average molecular weight is 228 g/mol. The number of ether oxygens (including phenoxy) is 1. The smallest absolute Gasteiger partial charge is 0.371 e. The van der Waals surface area contributed by atoms with Crippen molar-refractivity contribution in [3.8, 4) is 5.75 Å². The van der Waals surface area contributed by atoms with Crippen molar-refractivity contribution in [2.45, 2.75) is 6.92 Å². The molecular weight excluding hydrogens is 216 g/mol. The van der Waals surface area contributed by atoms with Gasteiger partial charge in [-0.3, -0.25) is 0 Å². The number of hydrogen-bond donors (Lipinski definition) is 1. The van der Waals surface area contributed by atoms with Crippen molar-refractivity contribution >= 4 is 16.7 Å². The highest BCUT2D eigenvalue weighted by atomic mass is 16.5. The zero-order valence-corrected chi connectivity index (χ0v) is 9.38. The lowest BCUT2D eigenvalue weighted by Gasteiger charge is -2.06. The largest absolute Gasteiger partial charge is 0.475 e. The second-order valence-corrected chi connectivity index (χ2v) is 3.57. The van der Waals surface area contributed by atoms with Crippen LogP contribution < -0.4 is 4.74 Å². The van der Waals surface area contributed by atoms with Gasteiger partial charge in [-0.2, -0.15) is 0 Å². The van der Waals surface area contributed by atoms with Gasteiger partial charge < -0.3 is 9.84 Å². The minimum absolute atomic E-state index is 0.0692. The minimum Gasteiger partial charge on any atom is -0.475 e. The summed E-state index contributed by atoms with van der Waals surface area (Å²) in [4.78, 5) is 10.8. The third-order valence-electron chi connectivity index (χ3n) is 2.42. The summed E-state index contributed by atoms with van der Waals surface area (Å²) in [7, 11) is 0. The summed E-state index contributed by atoms with van der Waals surface area (Å²) in [6.07, 6.45) is 1.43. The number of carboxylic acids is 1. The van der Waals surface area contributed by atoms with Gasteiger partial charge in [0.2, 0.25) is 5.76 Å². The van der Waals surface area contributed by atoms with Crippen molar-refractivity contribution < 1.29 is 14.6 Å². The van der Waals surface area contributed by atoms with E-state index in [-0.39, 0.29) is 5.76 Å². The Morgan fingerprint density at radius 3 is 2.53 bits per heavy atom. The maximum absolute atomic E-state index is 10.8. The first-order chi connectivity index (χ1) is 8.20. The van der Waals surface area contributed by atoms with Gasteiger partial charge in [0.05, 0.1) is 0 Å². The molecule has 0 bridgehead atoms. The Morgan fingerprint density at radius 1 is 1.18 bits per heavy atom. The lowest BCUT2D eigenvalue weighted by Crippen LogP contribution is -2.07. The van der Waals surface area contributed by atoms with Crippen LogP contribution in [-0.4, -0.2) is 11.1 Å². The Balaban J connectivity index is 2.34. The van der Waals surface area contributed by atoms with E-state index < -0.39 is 5.97 Å². The van der Waals surface area contributed by atoms with Gasteiger partial charge in [0, 0.05) is 0 Å². The third-order valence-corrected chi connectivity index (χ3v) is 2.42. The molecular formula is C14H12O3. The molecule has 2 rings (SSSR count). The van der Waals surface area contributed by atoms with Gasteiger partial charge in [-0.05, 0) is 35.9 Å². The van der Waals surface area contributed by atoms with E-state index in [2.05, 4.69) is 0 Å². The normalized spacial score (nSPS) is 11.5. The molecule has 0 heterocycles. The molecule has 17 heavy (non-hydrogen) atoms. The molecule has 3 nitrogen and oxygen atoms in total.